The quantitative estimate of drug-likeness (QED) is 0.152. The average Bonchev–Trinajstić information content (AvgIpc) is 2.93. The first-order chi connectivity index (χ1) is 22.6. The van der Waals surface area contributed by atoms with Crippen LogP contribution in [-0.2, 0) is 0 Å². The maximum absolute atomic E-state index is 13.7. The normalized spacial score (nSPS) is 17.6. The van der Waals surface area contributed by atoms with E-state index in [1.807, 2.05) is 0 Å². The van der Waals surface area contributed by atoms with E-state index in [1.54, 1.807) is 0 Å². The standard InChI is InChI=1S/C18F36/c19-1(2(20)4(23,24)6(27,28)8(31,32)13(41,42)15(45,46)17(49,50)51)3(21,22)5(25,26)7(29,30)9(33,34)10(35,36)11(37,38)12(39,40)14(43,44)16(47,48)18(52,53)54. The van der Waals surface area contributed by atoms with Crippen LogP contribution >= 0.6 is 0 Å². The van der Waals surface area contributed by atoms with E-state index in [9.17, 15) is 158 Å². The molecule has 0 aliphatic carbocycles. The lowest BCUT2D eigenvalue weighted by molar-refractivity contribution is -0.473. The fourth-order valence-corrected chi connectivity index (χ4v) is 2.88. The molecule has 0 amide bonds. The Morgan fingerprint density at radius 3 is 0.407 bits per heavy atom. The van der Waals surface area contributed by atoms with Crippen molar-refractivity contribution >= 4 is 0 Å². The zero-order valence-corrected chi connectivity index (χ0v) is 22.6. The van der Waals surface area contributed by atoms with Gasteiger partial charge in [-0.25, -0.2) is 8.78 Å². The summed E-state index contributed by atoms with van der Waals surface area (Å²) in [5.41, 5.74) is 0. The Hall–Kier alpha value is -2.78. The molecule has 0 N–H and O–H groups in total. The van der Waals surface area contributed by atoms with E-state index < -0.39 is 107 Å². The van der Waals surface area contributed by atoms with Crippen molar-refractivity contribution < 1.29 is 158 Å². The van der Waals surface area contributed by atoms with Crippen LogP contribution in [0.4, 0.5) is 158 Å². The Kier molecular flexibility index (Phi) is 11.7. The Morgan fingerprint density at radius 2 is 0.278 bits per heavy atom. The molecule has 0 aromatic carbocycles. The lowest BCUT2D eigenvalue weighted by Gasteiger charge is -2.44. The molecule has 0 radical (unpaired) electrons. The minimum Gasteiger partial charge on any atom is -0.202 e. The topological polar surface area (TPSA) is 0 Å². The Labute approximate surface area is 266 Å². The molecular weight excluding hydrogens is 900 g/mol. The molecule has 0 unspecified atom stereocenters. The van der Waals surface area contributed by atoms with Gasteiger partial charge in [-0.15, -0.1) is 0 Å². The highest BCUT2D eigenvalue weighted by Crippen LogP contribution is 2.68. The van der Waals surface area contributed by atoms with Crippen LogP contribution in [0.15, 0.2) is 11.7 Å². The number of halogens is 36. The smallest absolute Gasteiger partial charge is 0.202 e. The molecule has 0 rings (SSSR count). The summed E-state index contributed by atoms with van der Waals surface area (Å²) in [5.74, 6) is -146. The van der Waals surface area contributed by atoms with Crippen LogP contribution in [0.3, 0.4) is 0 Å². The summed E-state index contributed by atoms with van der Waals surface area (Å²) in [5, 5.41) is 0. The molecule has 0 fully saturated rings. The van der Waals surface area contributed by atoms with Gasteiger partial charge in [-0.2, -0.15) is 149 Å². The second-order valence-electron chi connectivity index (χ2n) is 9.66. The van der Waals surface area contributed by atoms with Gasteiger partial charge in [0.05, 0.1) is 0 Å². The molecule has 0 spiro atoms. The molecule has 0 aliphatic rings. The summed E-state index contributed by atoms with van der Waals surface area (Å²) in [4.78, 5) is 0. The second-order valence-corrected chi connectivity index (χ2v) is 9.66. The lowest BCUT2D eigenvalue weighted by Crippen LogP contribution is -2.76. The summed E-state index contributed by atoms with van der Waals surface area (Å²) < 4.78 is 474. The summed E-state index contributed by atoms with van der Waals surface area (Å²) >= 11 is 0. The third-order valence-electron chi connectivity index (χ3n) is 6.19. The molecule has 324 valence electrons. The van der Waals surface area contributed by atoms with E-state index in [1.165, 1.54) is 0 Å². The van der Waals surface area contributed by atoms with Crippen molar-refractivity contribution in [2.75, 3.05) is 0 Å². The fraction of sp³-hybridized carbons (Fsp3) is 0.889. The molecule has 0 saturated heterocycles. The maximum Gasteiger partial charge on any atom is 0.460 e. The Bertz CT molecular complexity index is 1410. The second kappa shape index (κ2) is 12.4. The van der Waals surface area contributed by atoms with Gasteiger partial charge in [0.1, 0.15) is 0 Å². The van der Waals surface area contributed by atoms with Crippen molar-refractivity contribution in [1.29, 1.82) is 0 Å². The highest BCUT2D eigenvalue weighted by Gasteiger charge is 2.98. The van der Waals surface area contributed by atoms with Gasteiger partial charge in [0.2, 0.25) is 11.7 Å². The van der Waals surface area contributed by atoms with Crippen LogP contribution in [0.2, 0.25) is 0 Å². The first-order valence-corrected chi connectivity index (χ1v) is 11.1. The van der Waals surface area contributed by atoms with Crippen molar-refractivity contribution in [1.82, 2.24) is 0 Å². The first-order valence-electron chi connectivity index (χ1n) is 11.1. The molecule has 0 atom stereocenters. The van der Waals surface area contributed by atoms with Crippen LogP contribution in [0.5, 0.6) is 0 Å². The van der Waals surface area contributed by atoms with Crippen molar-refractivity contribution in [3.05, 3.63) is 11.7 Å². The first kappa shape index (κ1) is 51.2. The van der Waals surface area contributed by atoms with Crippen molar-refractivity contribution in [3.8, 4) is 0 Å². The maximum atomic E-state index is 13.7. The lowest BCUT2D eigenvalue weighted by atomic mass is 9.85. The largest absolute Gasteiger partial charge is 0.460 e. The number of hydrogen-bond acceptors (Lipinski definition) is 0. The zero-order valence-electron chi connectivity index (χ0n) is 22.6. The van der Waals surface area contributed by atoms with E-state index in [0.29, 0.717) is 0 Å². The summed E-state index contributed by atoms with van der Waals surface area (Å²) in [6.07, 6.45) is -16.7. The number of alkyl halides is 34. The average molecular weight is 900 g/mol. The van der Waals surface area contributed by atoms with Gasteiger partial charge in [-0.3, -0.25) is 0 Å². The number of rotatable bonds is 14. The van der Waals surface area contributed by atoms with Gasteiger partial charge in [-0.05, 0) is 0 Å². The molecule has 0 saturated carbocycles. The minimum absolute atomic E-state index is 6.58. The van der Waals surface area contributed by atoms with Gasteiger partial charge in [0.15, 0.2) is 0 Å². The third kappa shape index (κ3) is 5.90. The molecule has 0 aliphatic heterocycles. The van der Waals surface area contributed by atoms with E-state index in [-0.39, 0.29) is 0 Å². The Morgan fingerprint density at radius 1 is 0.167 bits per heavy atom. The summed E-state index contributed by atoms with van der Waals surface area (Å²) in [7, 11) is 0. The van der Waals surface area contributed by atoms with Crippen molar-refractivity contribution in [2.45, 2.75) is 95.3 Å². The number of hydrogen-bond donors (Lipinski definition) is 0. The van der Waals surface area contributed by atoms with Crippen LogP contribution in [0, 0.1) is 0 Å². The van der Waals surface area contributed by atoms with E-state index in [2.05, 4.69) is 0 Å². The van der Waals surface area contributed by atoms with Crippen LogP contribution in [0.1, 0.15) is 0 Å². The molecule has 0 bridgehead atoms. The molecule has 0 nitrogen and oxygen atoms in total. The van der Waals surface area contributed by atoms with Gasteiger partial charge in [0.25, 0.3) is 0 Å². The highest BCUT2D eigenvalue weighted by molar-refractivity contribution is 5.28. The van der Waals surface area contributed by atoms with E-state index in [0.717, 1.165) is 0 Å². The fourth-order valence-electron chi connectivity index (χ4n) is 2.88. The number of allylic oxidation sites excluding steroid dienone is 2. The van der Waals surface area contributed by atoms with Gasteiger partial charge < -0.3 is 0 Å². The summed E-state index contributed by atoms with van der Waals surface area (Å²) in [6.45, 7) is 0. The monoisotopic (exact) mass is 900 g/mol. The zero-order chi connectivity index (χ0) is 45.2. The van der Waals surface area contributed by atoms with Gasteiger partial charge in [0, 0.05) is 0 Å². The van der Waals surface area contributed by atoms with Crippen molar-refractivity contribution in [2.24, 2.45) is 0 Å². The van der Waals surface area contributed by atoms with Crippen LogP contribution in [-0.4, -0.2) is 95.3 Å². The van der Waals surface area contributed by atoms with E-state index in [4.69, 9.17) is 0 Å². The van der Waals surface area contributed by atoms with Crippen LogP contribution < -0.4 is 0 Å². The van der Waals surface area contributed by atoms with E-state index >= 15 is 0 Å². The predicted octanol–water partition coefficient (Wildman–Crippen LogP) is 12.2. The highest BCUT2D eigenvalue weighted by atomic mass is 19.4. The molecule has 0 heterocycles. The van der Waals surface area contributed by atoms with Gasteiger partial charge >= 0.3 is 95.3 Å². The molecule has 0 aromatic heterocycles. The molecule has 54 heavy (non-hydrogen) atoms. The minimum atomic E-state index is -10.1. The Balaban J connectivity index is 7.74. The molecular formula is C18F36. The predicted molar refractivity (Wildman–Crippen MR) is 90.6 cm³/mol. The third-order valence-corrected chi connectivity index (χ3v) is 6.19. The van der Waals surface area contributed by atoms with Crippen molar-refractivity contribution in [3.63, 3.8) is 0 Å². The SMILES string of the molecule is FC(=C(F)C(F)(F)C(F)(F)C(F)(F)C(F)(F)C(F)(F)C(F)(F)C(F)(F)C(F)(F)C(F)(F)C(F)(F)F)C(F)(F)C(F)(F)C(F)(F)C(F)(F)C(F)(F)C(F)(F)F. The van der Waals surface area contributed by atoms with Gasteiger partial charge in [-0.1, -0.05) is 0 Å². The van der Waals surface area contributed by atoms with Crippen LogP contribution in [0.25, 0.3) is 0 Å². The molecule has 36 heteroatoms. The summed E-state index contributed by atoms with van der Waals surface area (Å²) in [6, 6.07) is 0. The molecule has 0 aromatic rings.